The lowest BCUT2D eigenvalue weighted by atomic mass is 9.73. The quantitative estimate of drug-likeness (QED) is 0.440. The predicted octanol–water partition coefficient (Wildman–Crippen LogP) is 5.54. The van der Waals surface area contributed by atoms with Crippen molar-refractivity contribution in [3.05, 3.63) is 59.9 Å². The summed E-state index contributed by atoms with van der Waals surface area (Å²) in [5.41, 5.74) is 2.94. The zero-order valence-electron chi connectivity index (χ0n) is 23.3. The first kappa shape index (κ1) is 27.2. The number of carbonyl (C=O) groups excluding carboxylic acids is 2. The van der Waals surface area contributed by atoms with E-state index < -0.39 is 0 Å². The highest BCUT2D eigenvalue weighted by atomic mass is 16.5. The monoisotopic (exact) mass is 530 g/mol. The van der Waals surface area contributed by atoms with E-state index in [9.17, 15) is 9.59 Å². The number of H-pyrrole nitrogens is 1. The van der Waals surface area contributed by atoms with Crippen molar-refractivity contribution in [1.82, 2.24) is 19.8 Å². The number of carbonyl (C=O) groups is 2. The Balaban J connectivity index is 1.11. The van der Waals surface area contributed by atoms with Gasteiger partial charge in [-0.1, -0.05) is 43.2 Å². The van der Waals surface area contributed by atoms with Crippen molar-refractivity contribution in [2.75, 3.05) is 33.3 Å². The van der Waals surface area contributed by atoms with Crippen LogP contribution in [-0.4, -0.2) is 64.9 Å². The van der Waals surface area contributed by atoms with E-state index >= 15 is 0 Å². The summed E-state index contributed by atoms with van der Waals surface area (Å²) >= 11 is 0. The molecule has 2 amide bonds. The second kappa shape index (κ2) is 12.7. The molecule has 1 N–H and O–H groups in total. The lowest BCUT2D eigenvalue weighted by Gasteiger charge is -2.42. The van der Waals surface area contributed by atoms with E-state index in [0.29, 0.717) is 32.7 Å². The third-order valence-corrected chi connectivity index (χ3v) is 8.62. The first-order valence-corrected chi connectivity index (χ1v) is 14.7. The van der Waals surface area contributed by atoms with Crippen LogP contribution in [0.1, 0.15) is 69.2 Å². The number of rotatable bonds is 5. The Bertz CT molecular complexity index is 1230. The van der Waals surface area contributed by atoms with Crippen LogP contribution in [0.15, 0.2) is 48.5 Å². The van der Waals surface area contributed by atoms with E-state index in [0.717, 1.165) is 86.8 Å². The number of para-hydroxylation sites is 3. The standard InChI is InChI=1S/C32H42N4O3/c1-35-23-24-39-28-15-7-4-12-25(28)11-3-2-10-18-32(31(35)38)19-21-36(22-20-32)30(37)17-9-8-16-29-33-26-13-5-6-14-27(26)34-29/h4-7,12-15H,2-3,8-11,16-24H2,1H3,(H,33,34). The number of hydrogen-bond donors (Lipinski definition) is 1. The largest absolute Gasteiger partial charge is 0.491 e. The molecule has 0 aliphatic carbocycles. The number of piperidine rings is 1. The Morgan fingerprint density at radius 2 is 1.77 bits per heavy atom. The number of ether oxygens (including phenoxy) is 1. The summed E-state index contributed by atoms with van der Waals surface area (Å²) in [6.45, 7) is 2.41. The van der Waals surface area contributed by atoms with Crippen molar-refractivity contribution >= 4 is 22.8 Å². The first-order chi connectivity index (χ1) is 19.0. The molecule has 3 aromatic rings. The second-order valence-corrected chi connectivity index (χ2v) is 11.3. The Morgan fingerprint density at radius 3 is 2.62 bits per heavy atom. The number of hydrogen-bond acceptors (Lipinski definition) is 4. The van der Waals surface area contributed by atoms with Crippen molar-refractivity contribution < 1.29 is 14.3 Å². The number of amides is 2. The average molecular weight is 531 g/mol. The Morgan fingerprint density at radius 1 is 0.974 bits per heavy atom. The maximum atomic E-state index is 13.7. The van der Waals surface area contributed by atoms with Crippen LogP contribution in [-0.2, 0) is 22.4 Å². The third-order valence-electron chi connectivity index (χ3n) is 8.62. The van der Waals surface area contributed by atoms with Crippen molar-refractivity contribution in [2.45, 2.75) is 70.6 Å². The number of benzene rings is 2. The van der Waals surface area contributed by atoms with Gasteiger partial charge in [-0.25, -0.2) is 4.98 Å². The van der Waals surface area contributed by atoms with Crippen LogP contribution in [0.2, 0.25) is 0 Å². The molecule has 5 rings (SSSR count). The number of likely N-dealkylation sites (N-methyl/N-ethyl adjacent to an activating group) is 1. The normalized spacial score (nSPS) is 18.6. The van der Waals surface area contributed by atoms with Crippen LogP contribution in [0.4, 0.5) is 0 Å². The maximum Gasteiger partial charge on any atom is 0.228 e. The van der Waals surface area contributed by atoms with Gasteiger partial charge in [0, 0.05) is 33.0 Å². The fourth-order valence-electron chi connectivity index (χ4n) is 6.21. The highest BCUT2D eigenvalue weighted by Gasteiger charge is 2.43. The first-order valence-electron chi connectivity index (χ1n) is 14.7. The minimum absolute atomic E-state index is 0.214. The molecule has 39 heavy (non-hydrogen) atoms. The highest BCUT2D eigenvalue weighted by molar-refractivity contribution is 5.83. The van der Waals surface area contributed by atoms with Gasteiger partial charge in [-0.05, 0) is 68.7 Å². The molecule has 0 radical (unpaired) electrons. The van der Waals surface area contributed by atoms with Gasteiger partial charge in [0.25, 0.3) is 0 Å². The van der Waals surface area contributed by atoms with Crippen molar-refractivity contribution in [3.63, 3.8) is 0 Å². The zero-order chi connectivity index (χ0) is 27.1. The van der Waals surface area contributed by atoms with Crippen LogP contribution in [0.3, 0.4) is 0 Å². The molecular weight excluding hydrogens is 488 g/mol. The average Bonchev–Trinajstić information content (AvgIpc) is 3.38. The molecule has 2 aliphatic heterocycles. The highest BCUT2D eigenvalue weighted by Crippen LogP contribution is 2.39. The molecule has 1 aromatic heterocycles. The van der Waals surface area contributed by atoms with Gasteiger partial charge >= 0.3 is 0 Å². The number of nitrogens with one attached hydrogen (secondary N) is 1. The van der Waals surface area contributed by atoms with E-state index in [2.05, 4.69) is 22.1 Å². The maximum absolute atomic E-state index is 13.7. The van der Waals surface area contributed by atoms with E-state index in [-0.39, 0.29) is 17.2 Å². The Kier molecular flexibility index (Phi) is 8.84. The van der Waals surface area contributed by atoms with E-state index in [1.807, 2.05) is 53.2 Å². The fraction of sp³-hybridized carbons (Fsp3) is 0.531. The van der Waals surface area contributed by atoms with E-state index in [1.165, 1.54) is 5.56 Å². The van der Waals surface area contributed by atoms with Gasteiger partial charge in [0.15, 0.2) is 0 Å². The van der Waals surface area contributed by atoms with Crippen LogP contribution in [0, 0.1) is 5.41 Å². The van der Waals surface area contributed by atoms with Gasteiger partial charge < -0.3 is 19.5 Å². The number of aromatic amines is 1. The van der Waals surface area contributed by atoms with Crippen molar-refractivity contribution in [1.29, 1.82) is 0 Å². The molecule has 0 unspecified atom stereocenters. The fourth-order valence-corrected chi connectivity index (χ4v) is 6.21. The topological polar surface area (TPSA) is 78.5 Å². The van der Waals surface area contributed by atoms with E-state index in [4.69, 9.17) is 4.74 Å². The number of fused-ring (bicyclic) bond motifs is 2. The van der Waals surface area contributed by atoms with Crippen LogP contribution in [0.25, 0.3) is 11.0 Å². The molecule has 3 heterocycles. The second-order valence-electron chi connectivity index (χ2n) is 11.3. The van der Waals surface area contributed by atoms with Crippen LogP contribution >= 0.6 is 0 Å². The number of unbranched alkanes of at least 4 members (excludes halogenated alkanes) is 1. The number of nitrogens with zero attached hydrogens (tertiary/aromatic N) is 3. The molecule has 1 fully saturated rings. The summed E-state index contributed by atoms with van der Waals surface area (Å²) in [4.78, 5) is 38.6. The molecule has 208 valence electrons. The number of imidazole rings is 1. The number of aryl methyl sites for hydroxylation is 2. The predicted molar refractivity (Wildman–Crippen MR) is 154 cm³/mol. The van der Waals surface area contributed by atoms with Gasteiger partial charge in [-0.3, -0.25) is 9.59 Å². The SMILES string of the molecule is CN1CCOc2ccccc2CCCCCC2(CCN(C(=O)CCCCc3nc4ccccc4[nH]3)CC2)C1=O. The minimum Gasteiger partial charge on any atom is -0.491 e. The summed E-state index contributed by atoms with van der Waals surface area (Å²) in [5.74, 6) is 2.36. The Labute approximate surface area is 231 Å². The molecule has 2 aromatic carbocycles. The summed E-state index contributed by atoms with van der Waals surface area (Å²) in [6.07, 6.45) is 9.83. The molecule has 0 bridgehead atoms. The third kappa shape index (κ3) is 6.63. The number of aromatic nitrogens is 2. The smallest absolute Gasteiger partial charge is 0.228 e. The van der Waals surface area contributed by atoms with Gasteiger partial charge in [0.2, 0.25) is 11.8 Å². The van der Waals surface area contributed by atoms with Crippen LogP contribution < -0.4 is 4.74 Å². The van der Waals surface area contributed by atoms with Crippen molar-refractivity contribution in [2.24, 2.45) is 5.41 Å². The molecule has 7 heteroatoms. The lowest BCUT2D eigenvalue weighted by Crippen LogP contribution is -2.51. The van der Waals surface area contributed by atoms with Gasteiger partial charge in [0.1, 0.15) is 18.2 Å². The molecular formula is C32H42N4O3. The van der Waals surface area contributed by atoms with Gasteiger partial charge in [0.05, 0.1) is 23.0 Å². The van der Waals surface area contributed by atoms with Gasteiger partial charge in [-0.2, -0.15) is 0 Å². The van der Waals surface area contributed by atoms with Crippen LogP contribution in [0.5, 0.6) is 5.75 Å². The summed E-state index contributed by atoms with van der Waals surface area (Å²) in [6, 6.07) is 16.3. The molecule has 1 saturated heterocycles. The molecule has 7 nitrogen and oxygen atoms in total. The molecule has 0 atom stereocenters. The van der Waals surface area contributed by atoms with E-state index in [1.54, 1.807) is 0 Å². The zero-order valence-corrected chi connectivity index (χ0v) is 23.3. The summed E-state index contributed by atoms with van der Waals surface area (Å²) < 4.78 is 6.08. The Hall–Kier alpha value is -3.35. The molecule has 0 saturated carbocycles. The minimum atomic E-state index is -0.367. The lowest BCUT2D eigenvalue weighted by molar-refractivity contribution is -0.148. The molecule has 1 spiro atoms. The summed E-state index contributed by atoms with van der Waals surface area (Å²) in [7, 11) is 1.90. The van der Waals surface area contributed by atoms with Gasteiger partial charge in [-0.15, -0.1) is 0 Å². The van der Waals surface area contributed by atoms with Crippen molar-refractivity contribution in [3.8, 4) is 5.75 Å². The molecule has 2 aliphatic rings. The number of likely N-dealkylation sites (tertiary alicyclic amines) is 1. The summed E-state index contributed by atoms with van der Waals surface area (Å²) in [5, 5.41) is 0.